The van der Waals surface area contributed by atoms with Crippen LogP contribution in [0.25, 0.3) is 21.8 Å². The van der Waals surface area contributed by atoms with Gasteiger partial charge in [0, 0.05) is 30.1 Å². The van der Waals surface area contributed by atoms with Crippen molar-refractivity contribution < 1.29 is 4.74 Å². The van der Waals surface area contributed by atoms with Crippen LogP contribution in [0.2, 0.25) is 0 Å². The molecule has 1 aliphatic heterocycles. The van der Waals surface area contributed by atoms with E-state index in [1.807, 2.05) is 24.3 Å². The van der Waals surface area contributed by atoms with Crippen LogP contribution in [0.3, 0.4) is 0 Å². The maximum absolute atomic E-state index is 13.2. The van der Waals surface area contributed by atoms with E-state index in [4.69, 9.17) is 4.74 Å². The molecule has 2 aliphatic rings. The fraction of sp³-hybridized carbons (Fsp3) is 0.346. The van der Waals surface area contributed by atoms with E-state index in [2.05, 4.69) is 27.4 Å². The molecule has 3 atom stereocenters. The van der Waals surface area contributed by atoms with Crippen LogP contribution in [0.15, 0.2) is 58.3 Å². The number of nitrogens with zero attached hydrogens (tertiary/aromatic N) is 2. The summed E-state index contributed by atoms with van der Waals surface area (Å²) < 4.78 is 6.95. The van der Waals surface area contributed by atoms with Gasteiger partial charge in [-0.05, 0) is 73.2 Å². The molecule has 2 aromatic carbocycles. The molecule has 8 heteroatoms. The van der Waals surface area contributed by atoms with Crippen LogP contribution >= 0.6 is 12.4 Å². The molecular formula is C26H27ClN4O3. The molecule has 0 spiro atoms. The zero-order valence-corrected chi connectivity index (χ0v) is 19.7. The number of aromatic nitrogens is 3. The first-order valence-electron chi connectivity index (χ1n) is 11.6. The molecule has 4 aromatic rings. The van der Waals surface area contributed by atoms with Crippen molar-refractivity contribution in [1.82, 2.24) is 19.9 Å². The van der Waals surface area contributed by atoms with Gasteiger partial charge in [0.1, 0.15) is 5.75 Å². The van der Waals surface area contributed by atoms with Crippen molar-refractivity contribution in [3.63, 3.8) is 0 Å². The number of H-pyrrole nitrogens is 1. The molecule has 3 heterocycles. The number of rotatable bonds is 4. The Labute approximate surface area is 202 Å². The quantitative estimate of drug-likeness (QED) is 0.439. The highest BCUT2D eigenvalue weighted by molar-refractivity contribution is 6.03. The van der Waals surface area contributed by atoms with Crippen LogP contribution in [0, 0.1) is 5.92 Å². The highest BCUT2D eigenvalue weighted by atomic mass is 35.5. The second-order valence-corrected chi connectivity index (χ2v) is 9.10. The molecule has 2 aromatic heterocycles. The smallest absolute Gasteiger partial charge is 0.328 e. The summed E-state index contributed by atoms with van der Waals surface area (Å²) in [4.78, 5) is 33.4. The number of nitrogens with one attached hydrogen (secondary N) is 2. The number of pyridine rings is 1. The summed E-state index contributed by atoms with van der Waals surface area (Å²) in [6.07, 6.45) is 4.57. The van der Waals surface area contributed by atoms with Crippen LogP contribution in [-0.2, 0) is 13.0 Å². The van der Waals surface area contributed by atoms with Gasteiger partial charge in [-0.25, -0.2) is 4.79 Å². The Morgan fingerprint density at radius 3 is 2.85 bits per heavy atom. The molecule has 0 bridgehead atoms. The van der Waals surface area contributed by atoms with Crippen LogP contribution in [0.4, 0.5) is 0 Å². The predicted octanol–water partition coefficient (Wildman–Crippen LogP) is 3.38. The second kappa shape index (κ2) is 8.89. The molecule has 2 N–H and O–H groups in total. The van der Waals surface area contributed by atoms with Crippen molar-refractivity contribution in [2.24, 2.45) is 5.92 Å². The Kier molecular flexibility index (Phi) is 5.91. The van der Waals surface area contributed by atoms with E-state index >= 15 is 0 Å². The summed E-state index contributed by atoms with van der Waals surface area (Å²) in [7, 11) is 1.73. The van der Waals surface area contributed by atoms with Crippen LogP contribution < -0.4 is 21.3 Å². The second-order valence-electron chi connectivity index (χ2n) is 9.10. The van der Waals surface area contributed by atoms with E-state index in [1.165, 1.54) is 15.7 Å². The first kappa shape index (κ1) is 22.6. The normalized spacial score (nSPS) is 21.1. The van der Waals surface area contributed by atoms with Crippen molar-refractivity contribution in [3.8, 4) is 5.75 Å². The number of hydrogen-bond donors (Lipinski definition) is 2. The summed E-state index contributed by atoms with van der Waals surface area (Å²) in [6, 6.07) is 13.8. The van der Waals surface area contributed by atoms with Gasteiger partial charge in [-0.15, -0.1) is 12.4 Å². The summed E-state index contributed by atoms with van der Waals surface area (Å²) in [5.41, 5.74) is 3.34. The SMILES string of the molecule is COc1cccc2c1CC[C@H]1CNC(CCn3c(=O)[nH]c4c(ccc5ncccc54)c3=O)[C@@H]21.Cl. The average Bonchev–Trinajstić information content (AvgIpc) is 3.27. The monoisotopic (exact) mass is 478 g/mol. The maximum atomic E-state index is 13.2. The van der Waals surface area contributed by atoms with E-state index in [0.717, 1.165) is 36.0 Å². The van der Waals surface area contributed by atoms with Gasteiger partial charge >= 0.3 is 5.69 Å². The number of hydrogen-bond acceptors (Lipinski definition) is 5. The number of methoxy groups -OCH3 is 1. The van der Waals surface area contributed by atoms with Crippen molar-refractivity contribution in [2.45, 2.75) is 37.8 Å². The lowest BCUT2D eigenvalue weighted by molar-refractivity contribution is 0.371. The molecule has 0 amide bonds. The Morgan fingerprint density at radius 2 is 2.00 bits per heavy atom. The molecule has 1 fully saturated rings. The zero-order chi connectivity index (χ0) is 22.5. The fourth-order valence-corrected chi connectivity index (χ4v) is 5.95. The topological polar surface area (TPSA) is 89.0 Å². The Balaban J connectivity index is 0.00000241. The van der Waals surface area contributed by atoms with E-state index < -0.39 is 0 Å². The third kappa shape index (κ3) is 3.51. The van der Waals surface area contributed by atoms with Gasteiger partial charge in [-0.1, -0.05) is 12.1 Å². The highest BCUT2D eigenvalue weighted by Gasteiger charge is 2.40. The molecule has 0 saturated carbocycles. The molecule has 0 radical (unpaired) electrons. The minimum Gasteiger partial charge on any atom is -0.496 e. The molecule has 34 heavy (non-hydrogen) atoms. The zero-order valence-electron chi connectivity index (χ0n) is 18.9. The molecular weight excluding hydrogens is 452 g/mol. The van der Waals surface area contributed by atoms with Crippen molar-refractivity contribution >= 4 is 34.2 Å². The molecule has 176 valence electrons. The third-order valence-electron chi connectivity index (χ3n) is 7.50. The molecule has 1 aliphatic carbocycles. The van der Waals surface area contributed by atoms with Gasteiger partial charge in [0.15, 0.2) is 0 Å². The van der Waals surface area contributed by atoms with Crippen LogP contribution in [-0.4, -0.2) is 34.2 Å². The predicted molar refractivity (Wildman–Crippen MR) is 135 cm³/mol. The van der Waals surface area contributed by atoms with E-state index in [1.54, 1.807) is 19.4 Å². The summed E-state index contributed by atoms with van der Waals surface area (Å²) >= 11 is 0. The van der Waals surface area contributed by atoms with E-state index in [-0.39, 0.29) is 29.7 Å². The molecule has 7 nitrogen and oxygen atoms in total. The van der Waals surface area contributed by atoms with Crippen molar-refractivity contribution in [3.05, 3.63) is 80.6 Å². The van der Waals surface area contributed by atoms with Gasteiger partial charge in [0.2, 0.25) is 0 Å². The molecule has 6 rings (SSSR count). The highest BCUT2D eigenvalue weighted by Crippen LogP contribution is 2.45. The van der Waals surface area contributed by atoms with E-state index in [0.29, 0.717) is 35.7 Å². The van der Waals surface area contributed by atoms with Gasteiger partial charge in [-0.2, -0.15) is 0 Å². The Bertz CT molecular complexity index is 1500. The van der Waals surface area contributed by atoms with Gasteiger partial charge in [0.05, 0.1) is 23.5 Å². The van der Waals surface area contributed by atoms with Gasteiger partial charge in [0.25, 0.3) is 5.56 Å². The lowest BCUT2D eigenvalue weighted by Crippen LogP contribution is -2.38. The number of aromatic amines is 1. The Hall–Kier alpha value is -3.16. The lowest BCUT2D eigenvalue weighted by atomic mass is 9.73. The van der Waals surface area contributed by atoms with E-state index in [9.17, 15) is 9.59 Å². The van der Waals surface area contributed by atoms with Crippen molar-refractivity contribution in [1.29, 1.82) is 0 Å². The number of fused-ring (bicyclic) bond motifs is 6. The van der Waals surface area contributed by atoms with Gasteiger partial charge < -0.3 is 15.0 Å². The third-order valence-corrected chi connectivity index (χ3v) is 7.50. The summed E-state index contributed by atoms with van der Waals surface area (Å²) in [6.45, 7) is 1.34. The fourth-order valence-electron chi connectivity index (χ4n) is 5.95. The maximum Gasteiger partial charge on any atom is 0.328 e. The summed E-state index contributed by atoms with van der Waals surface area (Å²) in [5, 5.41) is 4.97. The average molecular weight is 479 g/mol. The van der Waals surface area contributed by atoms with Crippen LogP contribution in [0.1, 0.15) is 29.9 Å². The van der Waals surface area contributed by atoms with Gasteiger partial charge in [-0.3, -0.25) is 14.3 Å². The minimum absolute atomic E-state index is 0. The number of ether oxygens (including phenoxy) is 1. The van der Waals surface area contributed by atoms with Crippen LogP contribution in [0.5, 0.6) is 5.75 Å². The first-order chi connectivity index (χ1) is 16.2. The minimum atomic E-state index is -0.371. The van der Waals surface area contributed by atoms with Crippen molar-refractivity contribution in [2.75, 3.05) is 13.7 Å². The lowest BCUT2D eigenvalue weighted by Gasteiger charge is -2.32. The number of halogens is 1. The number of benzene rings is 2. The summed E-state index contributed by atoms with van der Waals surface area (Å²) in [5.74, 6) is 1.90. The molecule has 1 saturated heterocycles. The molecule has 1 unspecified atom stereocenters. The Morgan fingerprint density at radius 1 is 1.12 bits per heavy atom. The first-order valence-corrected chi connectivity index (χ1v) is 11.6. The standard InChI is InChI=1S/C26H26N4O3.ClH/c1-33-22-6-2-4-17-16(22)8-7-15-14-28-21(23(15)17)11-13-30-25(31)19-9-10-20-18(5-3-12-27-20)24(19)29-26(30)32;/h2-6,9-10,12,15,21,23,28H,7-8,11,13-14H2,1H3,(H,29,32);1H/t15-,21?,23+;/m0./s1. The largest absolute Gasteiger partial charge is 0.496 e.